The van der Waals surface area contributed by atoms with Gasteiger partial charge in [0.15, 0.2) is 0 Å². The van der Waals surface area contributed by atoms with Crippen LogP contribution in [0.25, 0.3) is 5.57 Å². The molecule has 1 amide bonds. The summed E-state index contributed by atoms with van der Waals surface area (Å²) >= 11 is 9.89. The number of carbonyl (C=O) groups is 1. The van der Waals surface area contributed by atoms with Crippen LogP contribution in [0.5, 0.6) is 0 Å². The lowest BCUT2D eigenvalue weighted by Crippen LogP contribution is -2.41. The fraction of sp³-hybridized carbons (Fsp3) is 0.290. The number of hydrogen-bond acceptors (Lipinski definition) is 4. The zero-order chi connectivity index (χ0) is 28.2. The second-order valence-electron chi connectivity index (χ2n) is 8.26. The van der Waals surface area contributed by atoms with Crippen LogP contribution >= 0.6 is 27.5 Å². The molecule has 202 valence electrons. The number of allylic oxidation sites excluding steroid dienone is 1. The number of carbonyl (C=O) groups excluding carboxylic acids is 1. The van der Waals surface area contributed by atoms with E-state index in [4.69, 9.17) is 16.6 Å². The summed E-state index contributed by atoms with van der Waals surface area (Å²) < 4.78 is 0.857. The van der Waals surface area contributed by atoms with E-state index in [1.54, 1.807) is 11.0 Å². The molecule has 1 N–H and O–H groups in total. The van der Waals surface area contributed by atoms with E-state index in [0.29, 0.717) is 34.4 Å². The van der Waals surface area contributed by atoms with Crippen LogP contribution in [-0.2, 0) is 4.79 Å². The first-order chi connectivity index (χ1) is 18.3. The van der Waals surface area contributed by atoms with Crippen molar-refractivity contribution >= 4 is 56.2 Å². The minimum absolute atomic E-state index is 0.151. The summed E-state index contributed by atoms with van der Waals surface area (Å²) in [5.41, 5.74) is 4.05. The van der Waals surface area contributed by atoms with E-state index in [1.807, 2.05) is 70.2 Å². The number of hydrogen-bond donors (Lipinski definition) is 1. The molecule has 0 fully saturated rings. The van der Waals surface area contributed by atoms with Gasteiger partial charge in [0.2, 0.25) is 0 Å². The average molecular weight is 598 g/mol. The molecule has 2 aromatic rings. The van der Waals surface area contributed by atoms with Crippen molar-refractivity contribution < 1.29 is 4.79 Å². The highest BCUT2D eigenvalue weighted by Crippen LogP contribution is 2.33. The van der Waals surface area contributed by atoms with E-state index in [-0.39, 0.29) is 5.91 Å². The van der Waals surface area contributed by atoms with Crippen molar-refractivity contribution in [2.45, 2.75) is 41.0 Å². The van der Waals surface area contributed by atoms with Crippen molar-refractivity contribution in [2.24, 2.45) is 4.99 Å². The number of halogens is 2. The Kier molecular flexibility index (Phi) is 12.6. The molecular weight excluding hydrogens is 560 g/mol. The summed E-state index contributed by atoms with van der Waals surface area (Å²) in [7, 11) is 0. The lowest BCUT2D eigenvalue weighted by Gasteiger charge is -2.30. The number of benzene rings is 2. The summed E-state index contributed by atoms with van der Waals surface area (Å²) in [4.78, 5) is 22.1. The molecule has 1 aliphatic heterocycles. The number of rotatable bonds is 10. The molecule has 0 aromatic heterocycles. The fourth-order valence-corrected chi connectivity index (χ4v) is 4.82. The molecule has 1 aliphatic rings. The first-order valence-corrected chi connectivity index (χ1v) is 14.2. The Hall–Kier alpha value is -3.09. The van der Waals surface area contributed by atoms with Gasteiger partial charge in [-0.3, -0.25) is 9.69 Å². The molecule has 3 rings (SSSR count). The molecular formula is C31H38BrClN4O. The zero-order valence-corrected chi connectivity index (χ0v) is 25.4. The lowest BCUT2D eigenvalue weighted by molar-refractivity contribution is -0.121. The second-order valence-corrected chi connectivity index (χ2v) is 9.59. The third kappa shape index (κ3) is 7.71. The highest BCUT2D eigenvalue weighted by molar-refractivity contribution is 9.10. The molecule has 0 saturated heterocycles. The number of aliphatic imine (C=N–C) groups is 1. The minimum Gasteiger partial charge on any atom is -0.368 e. The Morgan fingerprint density at radius 1 is 1.18 bits per heavy atom. The Balaban J connectivity index is 0.00000247. The van der Waals surface area contributed by atoms with Crippen molar-refractivity contribution in [3.63, 3.8) is 0 Å². The van der Waals surface area contributed by atoms with Gasteiger partial charge < -0.3 is 10.2 Å². The number of amides is 1. The maximum atomic E-state index is 13.4. The summed E-state index contributed by atoms with van der Waals surface area (Å²) in [5.74, 6) is 0.844. The van der Waals surface area contributed by atoms with Gasteiger partial charge in [-0.1, -0.05) is 73.1 Å². The molecule has 2 aromatic carbocycles. The number of anilines is 2. The summed E-state index contributed by atoms with van der Waals surface area (Å²) in [6.07, 6.45) is 6.75. The molecule has 5 nitrogen and oxygen atoms in total. The first kappa shape index (κ1) is 31.1. The SMILES string of the molecule is C=CCN(CCC)c1ccc(NC(=C)/N=C2\C(=C/C)C=C(c3ccc(Br)cc3Cl)C(=O)N2CC)cc1.CC. The molecule has 0 aliphatic carbocycles. The molecule has 38 heavy (non-hydrogen) atoms. The van der Waals surface area contributed by atoms with Crippen LogP contribution in [-0.4, -0.2) is 36.3 Å². The Morgan fingerprint density at radius 2 is 1.87 bits per heavy atom. The first-order valence-electron chi connectivity index (χ1n) is 13.0. The monoisotopic (exact) mass is 596 g/mol. The van der Waals surface area contributed by atoms with Gasteiger partial charge in [0, 0.05) is 57.2 Å². The van der Waals surface area contributed by atoms with Crippen LogP contribution in [0, 0.1) is 0 Å². The van der Waals surface area contributed by atoms with Crippen LogP contribution < -0.4 is 10.2 Å². The van der Waals surface area contributed by atoms with Gasteiger partial charge in [0.1, 0.15) is 11.7 Å². The quantitative estimate of drug-likeness (QED) is 0.279. The molecule has 0 atom stereocenters. The number of nitrogens with one attached hydrogen (secondary N) is 1. The molecule has 0 bridgehead atoms. The van der Waals surface area contributed by atoms with Crippen molar-refractivity contribution in [3.8, 4) is 0 Å². The fourth-order valence-electron chi connectivity index (χ4n) is 4.04. The highest BCUT2D eigenvalue weighted by Gasteiger charge is 2.30. The van der Waals surface area contributed by atoms with E-state index in [1.165, 1.54) is 0 Å². The zero-order valence-electron chi connectivity index (χ0n) is 23.0. The summed E-state index contributed by atoms with van der Waals surface area (Å²) in [5, 5.41) is 3.76. The normalized spacial score (nSPS) is 15.1. The van der Waals surface area contributed by atoms with Gasteiger partial charge in [0.25, 0.3) is 5.91 Å². The van der Waals surface area contributed by atoms with Gasteiger partial charge in [-0.15, -0.1) is 6.58 Å². The summed E-state index contributed by atoms with van der Waals surface area (Å²) in [6.45, 7) is 20.2. The largest absolute Gasteiger partial charge is 0.368 e. The van der Waals surface area contributed by atoms with Crippen LogP contribution in [0.1, 0.15) is 46.6 Å². The third-order valence-corrected chi connectivity index (χ3v) is 6.55. The van der Waals surface area contributed by atoms with Gasteiger partial charge in [-0.25, -0.2) is 4.99 Å². The van der Waals surface area contributed by atoms with E-state index in [0.717, 1.165) is 40.9 Å². The molecule has 0 saturated carbocycles. The maximum Gasteiger partial charge on any atom is 0.260 e. The van der Waals surface area contributed by atoms with E-state index in [9.17, 15) is 4.79 Å². The Bertz CT molecular complexity index is 1230. The summed E-state index contributed by atoms with van der Waals surface area (Å²) in [6, 6.07) is 13.6. The van der Waals surface area contributed by atoms with Gasteiger partial charge in [-0.05, 0) is 62.7 Å². The molecule has 1 heterocycles. The van der Waals surface area contributed by atoms with Gasteiger partial charge >= 0.3 is 0 Å². The van der Waals surface area contributed by atoms with E-state index in [2.05, 4.69) is 58.4 Å². The van der Waals surface area contributed by atoms with Crippen molar-refractivity contribution in [3.05, 3.63) is 100 Å². The van der Waals surface area contributed by atoms with Crippen molar-refractivity contribution in [2.75, 3.05) is 29.9 Å². The van der Waals surface area contributed by atoms with Crippen LogP contribution in [0.4, 0.5) is 11.4 Å². The highest BCUT2D eigenvalue weighted by atomic mass is 79.9. The van der Waals surface area contributed by atoms with E-state index >= 15 is 0 Å². The molecule has 0 spiro atoms. The molecule has 7 heteroatoms. The molecule has 0 radical (unpaired) electrons. The van der Waals surface area contributed by atoms with Crippen LogP contribution in [0.15, 0.2) is 94.7 Å². The standard InChI is InChI=1S/C29H32BrClN4O.C2H6/c1-6-16-34(17-7-2)24-13-11-23(12-14-24)32-20(5)33-28-21(8-3)18-26(29(36)35(28)9-4)25-15-10-22(30)19-27(25)31;1-2/h6,8,10-15,18-19,32H,1,5,7,9,16-17H2,2-4H3;1-2H3/b21-8-,33-28+;. The Morgan fingerprint density at radius 3 is 2.42 bits per heavy atom. The van der Waals surface area contributed by atoms with Gasteiger partial charge in [-0.2, -0.15) is 0 Å². The second kappa shape index (κ2) is 15.4. The van der Waals surface area contributed by atoms with Crippen LogP contribution in [0.3, 0.4) is 0 Å². The average Bonchev–Trinajstić information content (AvgIpc) is 2.91. The predicted molar refractivity (Wildman–Crippen MR) is 169 cm³/mol. The topological polar surface area (TPSA) is 47.9 Å². The number of nitrogens with zero attached hydrogens (tertiary/aromatic N) is 3. The Labute approximate surface area is 241 Å². The van der Waals surface area contributed by atoms with Crippen molar-refractivity contribution in [1.29, 1.82) is 0 Å². The number of amidine groups is 1. The number of likely N-dealkylation sites (N-methyl/N-ethyl adjacent to an activating group) is 1. The minimum atomic E-state index is -0.151. The van der Waals surface area contributed by atoms with Gasteiger partial charge in [0.05, 0.1) is 0 Å². The molecule has 0 unspecified atom stereocenters. The maximum absolute atomic E-state index is 13.4. The lowest BCUT2D eigenvalue weighted by atomic mass is 9.96. The van der Waals surface area contributed by atoms with E-state index < -0.39 is 0 Å². The van der Waals surface area contributed by atoms with Crippen molar-refractivity contribution in [1.82, 2.24) is 4.90 Å². The van der Waals surface area contributed by atoms with Crippen LogP contribution in [0.2, 0.25) is 5.02 Å². The predicted octanol–water partition coefficient (Wildman–Crippen LogP) is 8.70. The smallest absolute Gasteiger partial charge is 0.260 e. The third-order valence-electron chi connectivity index (χ3n) is 5.74.